The minimum atomic E-state index is -1.55. The first kappa shape index (κ1) is 21.8. The SMILES string of the molecule is CC(C#N)CN1CCN([Si](C2CCCCC2)(C2CCCCC2)C2CCCCC2)C1. The fraction of sp³-hybridized carbons (Fsp3) is 0.960. The molecule has 1 unspecified atom stereocenters. The summed E-state index contributed by atoms with van der Waals surface area (Å²) >= 11 is 0. The molecule has 4 rings (SSSR count). The average Bonchev–Trinajstić information content (AvgIpc) is 3.25. The molecule has 1 atom stereocenters. The minimum Gasteiger partial charge on any atom is -0.309 e. The monoisotopic (exact) mass is 415 g/mol. The summed E-state index contributed by atoms with van der Waals surface area (Å²) in [6.07, 6.45) is 22.8. The lowest BCUT2D eigenvalue weighted by molar-refractivity contribution is 0.266. The fourth-order valence-electron chi connectivity index (χ4n) is 8.01. The zero-order valence-corrected chi connectivity index (χ0v) is 20.1. The zero-order chi connectivity index (χ0) is 20.1. The van der Waals surface area contributed by atoms with Crippen molar-refractivity contribution in [3.8, 4) is 6.07 Å². The standard InChI is InChI=1S/C25H45N3Si/c1-22(19-26)20-27-17-18-28(21-27)29(23-11-5-2-6-12-23,24-13-7-3-8-14-24)25-15-9-4-10-16-25/h22-25H,2-18,20-21H2,1H3. The molecule has 0 aromatic rings. The molecule has 1 heterocycles. The van der Waals surface area contributed by atoms with Crippen LogP contribution in [-0.4, -0.2) is 44.0 Å². The number of rotatable bonds is 6. The second-order valence-electron chi connectivity index (χ2n) is 10.9. The van der Waals surface area contributed by atoms with Crippen molar-refractivity contribution in [2.75, 3.05) is 26.3 Å². The number of hydrogen-bond acceptors (Lipinski definition) is 3. The van der Waals surface area contributed by atoms with Crippen LogP contribution in [0.2, 0.25) is 16.6 Å². The highest BCUT2D eigenvalue weighted by molar-refractivity contribution is 6.81. The van der Waals surface area contributed by atoms with Crippen LogP contribution >= 0.6 is 0 Å². The molecule has 0 radical (unpaired) electrons. The molecule has 4 fully saturated rings. The molecule has 4 heteroatoms. The molecule has 0 N–H and O–H groups in total. The van der Waals surface area contributed by atoms with Gasteiger partial charge >= 0.3 is 0 Å². The Morgan fingerprint density at radius 1 is 0.759 bits per heavy atom. The summed E-state index contributed by atoms with van der Waals surface area (Å²) in [5, 5.41) is 9.35. The summed E-state index contributed by atoms with van der Waals surface area (Å²) < 4.78 is 3.17. The summed E-state index contributed by atoms with van der Waals surface area (Å²) in [7, 11) is -1.55. The first-order chi connectivity index (χ1) is 14.2. The Morgan fingerprint density at radius 3 is 1.62 bits per heavy atom. The van der Waals surface area contributed by atoms with E-state index in [4.69, 9.17) is 0 Å². The average molecular weight is 416 g/mol. The molecule has 0 amide bonds. The molecule has 0 aromatic heterocycles. The molecule has 0 spiro atoms. The van der Waals surface area contributed by atoms with Gasteiger partial charge in [-0.15, -0.1) is 0 Å². The highest BCUT2D eigenvalue weighted by atomic mass is 28.3. The molecule has 1 saturated heterocycles. The Morgan fingerprint density at radius 2 is 1.21 bits per heavy atom. The summed E-state index contributed by atoms with van der Waals surface area (Å²) in [6, 6.07) is 2.49. The van der Waals surface area contributed by atoms with E-state index in [9.17, 15) is 5.26 Å². The van der Waals surface area contributed by atoms with Crippen LogP contribution in [0.25, 0.3) is 0 Å². The van der Waals surface area contributed by atoms with E-state index in [1.54, 1.807) is 38.5 Å². The third kappa shape index (κ3) is 4.63. The van der Waals surface area contributed by atoms with Crippen molar-refractivity contribution in [1.82, 2.24) is 9.47 Å². The molecule has 3 nitrogen and oxygen atoms in total. The van der Waals surface area contributed by atoms with Crippen LogP contribution in [0.5, 0.6) is 0 Å². The zero-order valence-electron chi connectivity index (χ0n) is 19.1. The molecule has 4 aliphatic rings. The highest BCUT2D eigenvalue weighted by Gasteiger charge is 2.57. The van der Waals surface area contributed by atoms with Crippen molar-refractivity contribution in [3.05, 3.63) is 0 Å². The quantitative estimate of drug-likeness (QED) is 0.454. The smallest absolute Gasteiger partial charge is 0.139 e. The van der Waals surface area contributed by atoms with Crippen molar-refractivity contribution in [2.24, 2.45) is 5.92 Å². The number of nitriles is 1. The molecule has 0 aromatic carbocycles. The van der Waals surface area contributed by atoms with Crippen molar-refractivity contribution in [2.45, 2.75) is 120 Å². The summed E-state index contributed by atoms with van der Waals surface area (Å²) in [6.45, 7) is 6.82. The van der Waals surface area contributed by atoms with Crippen LogP contribution in [0.3, 0.4) is 0 Å². The fourth-order valence-corrected chi connectivity index (χ4v) is 16.5. The lowest BCUT2D eigenvalue weighted by atomic mass is 9.98. The second kappa shape index (κ2) is 10.3. The molecule has 3 saturated carbocycles. The van der Waals surface area contributed by atoms with Gasteiger partial charge in [0, 0.05) is 26.3 Å². The number of nitrogens with zero attached hydrogens (tertiary/aromatic N) is 3. The van der Waals surface area contributed by atoms with Crippen molar-refractivity contribution in [1.29, 1.82) is 5.26 Å². The predicted octanol–water partition coefficient (Wildman–Crippen LogP) is 6.67. The summed E-state index contributed by atoms with van der Waals surface area (Å²) in [4.78, 5) is 2.64. The normalized spacial score (nSPS) is 28.4. The van der Waals surface area contributed by atoms with Crippen molar-refractivity contribution in [3.63, 3.8) is 0 Å². The van der Waals surface area contributed by atoms with Gasteiger partial charge in [0.25, 0.3) is 0 Å². The van der Waals surface area contributed by atoms with Gasteiger partial charge in [-0.1, -0.05) is 96.3 Å². The molecule has 29 heavy (non-hydrogen) atoms. The summed E-state index contributed by atoms with van der Waals surface area (Å²) in [5.74, 6) is 0.171. The van der Waals surface area contributed by atoms with Gasteiger partial charge in [-0.25, -0.2) is 0 Å². The van der Waals surface area contributed by atoms with E-state index in [0.29, 0.717) is 0 Å². The molecular weight excluding hydrogens is 370 g/mol. The molecule has 1 aliphatic heterocycles. The first-order valence-corrected chi connectivity index (χ1v) is 15.3. The van der Waals surface area contributed by atoms with Crippen LogP contribution in [0.4, 0.5) is 0 Å². The first-order valence-electron chi connectivity index (χ1n) is 13.1. The molecule has 3 aliphatic carbocycles. The molecule has 0 bridgehead atoms. The lowest BCUT2D eigenvalue weighted by Crippen LogP contribution is -2.63. The van der Waals surface area contributed by atoms with Crippen LogP contribution < -0.4 is 0 Å². The van der Waals surface area contributed by atoms with Gasteiger partial charge in [0.2, 0.25) is 0 Å². The van der Waals surface area contributed by atoms with Gasteiger partial charge < -0.3 is 4.57 Å². The Kier molecular flexibility index (Phi) is 7.75. The second-order valence-corrected chi connectivity index (χ2v) is 15.8. The maximum atomic E-state index is 9.35. The Labute approximate surface area is 181 Å². The van der Waals surface area contributed by atoms with E-state index < -0.39 is 8.24 Å². The third-order valence-corrected chi connectivity index (χ3v) is 16.3. The maximum absolute atomic E-state index is 9.35. The van der Waals surface area contributed by atoms with Crippen molar-refractivity contribution < 1.29 is 0 Å². The van der Waals surface area contributed by atoms with E-state index in [1.807, 2.05) is 0 Å². The van der Waals surface area contributed by atoms with Gasteiger partial charge in [-0.3, -0.25) is 4.90 Å². The van der Waals surface area contributed by atoms with E-state index >= 15 is 0 Å². The Bertz CT molecular complexity index is 495. The number of hydrogen-bond donors (Lipinski definition) is 0. The Balaban J connectivity index is 1.65. The van der Waals surface area contributed by atoms with Gasteiger partial charge in [-0.2, -0.15) is 5.26 Å². The molecule has 164 valence electrons. The minimum absolute atomic E-state index is 0.171. The van der Waals surface area contributed by atoms with Crippen LogP contribution in [-0.2, 0) is 0 Å². The maximum Gasteiger partial charge on any atom is 0.139 e. The topological polar surface area (TPSA) is 30.3 Å². The van der Waals surface area contributed by atoms with Crippen LogP contribution in [0.1, 0.15) is 103 Å². The van der Waals surface area contributed by atoms with Crippen LogP contribution in [0, 0.1) is 17.2 Å². The summed E-state index contributed by atoms with van der Waals surface area (Å²) in [5.41, 5.74) is 3.20. The largest absolute Gasteiger partial charge is 0.309 e. The van der Waals surface area contributed by atoms with Gasteiger partial charge in [0.15, 0.2) is 0 Å². The van der Waals surface area contributed by atoms with E-state index in [2.05, 4.69) is 22.5 Å². The van der Waals surface area contributed by atoms with Crippen LogP contribution in [0.15, 0.2) is 0 Å². The van der Waals surface area contributed by atoms with E-state index in [-0.39, 0.29) is 5.92 Å². The molecular formula is C25H45N3Si. The van der Waals surface area contributed by atoms with Gasteiger partial charge in [0.05, 0.1) is 12.0 Å². The third-order valence-electron chi connectivity index (χ3n) is 9.13. The Hall–Kier alpha value is -0.373. The predicted molar refractivity (Wildman–Crippen MR) is 124 cm³/mol. The highest BCUT2D eigenvalue weighted by Crippen LogP contribution is 2.58. The lowest BCUT2D eigenvalue weighted by Gasteiger charge is -2.57. The van der Waals surface area contributed by atoms with Gasteiger partial charge in [-0.05, 0) is 23.5 Å². The van der Waals surface area contributed by atoms with Gasteiger partial charge in [0.1, 0.15) is 8.24 Å². The van der Waals surface area contributed by atoms with Crippen molar-refractivity contribution >= 4 is 8.24 Å². The van der Waals surface area contributed by atoms with E-state index in [1.165, 1.54) is 77.5 Å². The van der Waals surface area contributed by atoms with E-state index in [0.717, 1.165) is 23.2 Å².